The van der Waals surface area contributed by atoms with E-state index in [4.69, 9.17) is 9.47 Å². The molecular weight excluding hydrogens is 306 g/mol. The highest BCUT2D eigenvalue weighted by molar-refractivity contribution is 6.08. The lowest BCUT2D eigenvalue weighted by Gasteiger charge is -2.17. The fourth-order valence-corrected chi connectivity index (χ4v) is 2.81. The Morgan fingerprint density at radius 2 is 1.96 bits per heavy atom. The molecule has 1 N–H and O–H groups in total. The first kappa shape index (κ1) is 14.5. The van der Waals surface area contributed by atoms with Gasteiger partial charge in [-0.3, -0.25) is 9.59 Å². The fraction of sp³-hybridized carbons (Fsp3) is 0.158. The number of carbonyl (C=O) groups excluding carboxylic acids is 2. The molecule has 0 unspecified atom stereocenters. The number of allylic oxidation sites excluding steroid dienone is 1. The van der Waals surface area contributed by atoms with Crippen LogP contribution >= 0.6 is 0 Å². The molecule has 2 aliphatic rings. The number of carbonyl (C=O) groups is 2. The van der Waals surface area contributed by atoms with Gasteiger partial charge in [0.05, 0.1) is 12.3 Å². The number of hydrogen-bond acceptors (Lipinski definition) is 4. The second-order valence-electron chi connectivity index (χ2n) is 5.71. The van der Waals surface area contributed by atoms with Gasteiger partial charge in [0.25, 0.3) is 5.91 Å². The monoisotopic (exact) mass is 321 g/mol. The highest BCUT2D eigenvalue weighted by Crippen LogP contribution is 2.29. The Hall–Kier alpha value is -3.08. The standard InChI is InChI=1S/C19H15NO4/c21-16(4-1-12-2-5-17-14(9-12)7-8-23-17)13-3-6-18-15(10-13)20-19(22)11-24-18/h1-6,9-10H,7-8,11H2,(H,20,22)/b4-1+. The summed E-state index contributed by atoms with van der Waals surface area (Å²) in [7, 11) is 0. The van der Waals surface area contributed by atoms with Crippen LogP contribution in [0.1, 0.15) is 21.5 Å². The van der Waals surface area contributed by atoms with Crippen LogP contribution in [-0.4, -0.2) is 24.9 Å². The topological polar surface area (TPSA) is 64.6 Å². The van der Waals surface area contributed by atoms with Crippen LogP contribution < -0.4 is 14.8 Å². The minimum atomic E-state index is -0.219. The van der Waals surface area contributed by atoms with E-state index in [9.17, 15) is 9.59 Å². The van der Waals surface area contributed by atoms with Gasteiger partial charge in [-0.25, -0.2) is 0 Å². The van der Waals surface area contributed by atoms with E-state index in [1.165, 1.54) is 11.6 Å². The minimum absolute atomic E-state index is 0.00222. The van der Waals surface area contributed by atoms with E-state index in [1.807, 2.05) is 18.2 Å². The molecule has 4 rings (SSSR count). The van der Waals surface area contributed by atoms with Gasteiger partial charge in [0, 0.05) is 12.0 Å². The third kappa shape index (κ3) is 2.76. The SMILES string of the molecule is O=C1COc2ccc(C(=O)/C=C/c3ccc4c(c3)CCO4)cc2N1. The summed E-state index contributed by atoms with van der Waals surface area (Å²) in [5.74, 6) is 1.15. The maximum Gasteiger partial charge on any atom is 0.262 e. The summed E-state index contributed by atoms with van der Waals surface area (Å²) in [5, 5.41) is 2.70. The van der Waals surface area contributed by atoms with Gasteiger partial charge in [-0.15, -0.1) is 0 Å². The van der Waals surface area contributed by atoms with Crippen LogP contribution in [0.4, 0.5) is 5.69 Å². The van der Waals surface area contributed by atoms with Crippen molar-refractivity contribution in [3.05, 3.63) is 59.2 Å². The van der Waals surface area contributed by atoms with Crippen molar-refractivity contribution in [2.24, 2.45) is 0 Å². The normalized spacial score (nSPS) is 15.2. The molecule has 5 heteroatoms. The van der Waals surface area contributed by atoms with Crippen molar-refractivity contribution >= 4 is 23.5 Å². The van der Waals surface area contributed by atoms with Crippen LogP contribution in [-0.2, 0) is 11.2 Å². The number of ether oxygens (including phenoxy) is 2. The second kappa shape index (κ2) is 5.85. The van der Waals surface area contributed by atoms with Gasteiger partial charge >= 0.3 is 0 Å². The molecule has 0 atom stereocenters. The van der Waals surface area contributed by atoms with Crippen molar-refractivity contribution in [2.45, 2.75) is 6.42 Å². The smallest absolute Gasteiger partial charge is 0.262 e. The molecule has 0 saturated carbocycles. The summed E-state index contributed by atoms with van der Waals surface area (Å²) in [6.45, 7) is 0.715. The summed E-state index contributed by atoms with van der Waals surface area (Å²) in [5.41, 5.74) is 3.15. The molecule has 1 amide bonds. The van der Waals surface area contributed by atoms with E-state index in [0.717, 1.165) is 17.7 Å². The Morgan fingerprint density at radius 1 is 1.08 bits per heavy atom. The van der Waals surface area contributed by atoms with Gasteiger partial charge in [-0.1, -0.05) is 12.1 Å². The van der Waals surface area contributed by atoms with Crippen molar-refractivity contribution in [1.29, 1.82) is 0 Å². The highest BCUT2D eigenvalue weighted by atomic mass is 16.5. The third-order valence-corrected chi connectivity index (χ3v) is 4.04. The van der Waals surface area contributed by atoms with Crippen molar-refractivity contribution in [2.75, 3.05) is 18.5 Å². The Bertz CT molecular complexity index is 870. The number of rotatable bonds is 3. The molecule has 2 aromatic rings. The number of anilines is 1. The molecule has 0 aromatic heterocycles. The predicted octanol–water partition coefficient (Wildman–Crippen LogP) is 2.85. The Labute approximate surface area is 138 Å². The lowest BCUT2D eigenvalue weighted by molar-refractivity contribution is -0.118. The molecule has 0 saturated heterocycles. The molecule has 0 aliphatic carbocycles. The number of amides is 1. The average Bonchev–Trinajstić information content (AvgIpc) is 3.06. The fourth-order valence-electron chi connectivity index (χ4n) is 2.81. The van der Waals surface area contributed by atoms with Crippen LogP contribution in [0.3, 0.4) is 0 Å². The number of ketones is 1. The van der Waals surface area contributed by atoms with Crippen molar-refractivity contribution in [3.63, 3.8) is 0 Å². The predicted molar refractivity (Wildman–Crippen MR) is 89.6 cm³/mol. The first-order valence-corrected chi connectivity index (χ1v) is 7.74. The van der Waals surface area contributed by atoms with Gasteiger partial charge in [0.15, 0.2) is 12.4 Å². The zero-order valence-electron chi connectivity index (χ0n) is 12.9. The van der Waals surface area contributed by atoms with Gasteiger partial charge in [-0.2, -0.15) is 0 Å². The lowest BCUT2D eigenvalue weighted by atomic mass is 10.1. The number of fused-ring (bicyclic) bond motifs is 2. The second-order valence-corrected chi connectivity index (χ2v) is 5.71. The van der Waals surface area contributed by atoms with Gasteiger partial charge in [0.1, 0.15) is 11.5 Å². The summed E-state index contributed by atoms with van der Waals surface area (Å²) < 4.78 is 10.8. The molecule has 2 aromatic carbocycles. The molecule has 2 aliphatic heterocycles. The quantitative estimate of drug-likeness (QED) is 0.697. The maximum atomic E-state index is 12.4. The first-order valence-electron chi connectivity index (χ1n) is 7.74. The molecule has 2 heterocycles. The number of nitrogens with one attached hydrogen (secondary N) is 1. The van der Waals surface area contributed by atoms with E-state index in [-0.39, 0.29) is 18.3 Å². The Morgan fingerprint density at radius 3 is 2.88 bits per heavy atom. The summed E-state index contributed by atoms with van der Waals surface area (Å²) in [6, 6.07) is 10.9. The molecule has 0 spiro atoms. The number of benzene rings is 2. The molecule has 0 fully saturated rings. The Balaban J connectivity index is 1.54. The Kier molecular flexibility index (Phi) is 3.54. The highest BCUT2D eigenvalue weighted by Gasteiger charge is 2.17. The van der Waals surface area contributed by atoms with Crippen LogP contribution in [0.2, 0.25) is 0 Å². The van der Waals surface area contributed by atoms with Crippen molar-refractivity contribution < 1.29 is 19.1 Å². The lowest BCUT2D eigenvalue weighted by Crippen LogP contribution is -2.25. The van der Waals surface area contributed by atoms with E-state index < -0.39 is 0 Å². The van der Waals surface area contributed by atoms with Crippen molar-refractivity contribution in [3.8, 4) is 11.5 Å². The summed E-state index contributed by atoms with van der Waals surface area (Å²) >= 11 is 0. The molecule has 0 bridgehead atoms. The van der Waals surface area contributed by atoms with E-state index in [0.29, 0.717) is 23.6 Å². The van der Waals surface area contributed by atoms with Crippen LogP contribution in [0.5, 0.6) is 11.5 Å². The largest absolute Gasteiger partial charge is 0.493 e. The molecular formula is C19H15NO4. The zero-order chi connectivity index (χ0) is 16.5. The zero-order valence-corrected chi connectivity index (χ0v) is 12.9. The van der Waals surface area contributed by atoms with E-state index in [1.54, 1.807) is 24.3 Å². The van der Waals surface area contributed by atoms with Gasteiger partial charge in [0.2, 0.25) is 0 Å². The summed E-state index contributed by atoms with van der Waals surface area (Å²) in [6.07, 6.45) is 4.22. The molecule has 5 nitrogen and oxygen atoms in total. The first-order chi connectivity index (χ1) is 11.7. The average molecular weight is 321 g/mol. The third-order valence-electron chi connectivity index (χ3n) is 4.04. The van der Waals surface area contributed by atoms with Crippen LogP contribution in [0, 0.1) is 0 Å². The molecule has 24 heavy (non-hydrogen) atoms. The van der Waals surface area contributed by atoms with E-state index in [2.05, 4.69) is 5.32 Å². The van der Waals surface area contributed by atoms with Crippen LogP contribution in [0.25, 0.3) is 6.08 Å². The van der Waals surface area contributed by atoms with Gasteiger partial charge in [-0.05, 0) is 47.5 Å². The van der Waals surface area contributed by atoms with Crippen molar-refractivity contribution in [1.82, 2.24) is 0 Å². The van der Waals surface area contributed by atoms with Gasteiger partial charge < -0.3 is 14.8 Å². The number of hydrogen-bond donors (Lipinski definition) is 1. The molecule has 0 radical (unpaired) electrons. The molecule has 120 valence electrons. The minimum Gasteiger partial charge on any atom is -0.493 e. The maximum absolute atomic E-state index is 12.4. The van der Waals surface area contributed by atoms with E-state index >= 15 is 0 Å². The summed E-state index contributed by atoms with van der Waals surface area (Å²) in [4.78, 5) is 23.7. The van der Waals surface area contributed by atoms with Crippen LogP contribution in [0.15, 0.2) is 42.5 Å².